The number of rotatable bonds is 11. The van der Waals surface area contributed by atoms with Gasteiger partial charge in [0.2, 0.25) is 15.9 Å². The van der Waals surface area contributed by atoms with Gasteiger partial charge in [0.15, 0.2) is 11.5 Å². The molecule has 7 nitrogen and oxygen atoms in total. The number of carbonyl (C=O) groups excluding carboxylic acids is 1. The van der Waals surface area contributed by atoms with Gasteiger partial charge in [-0.2, -0.15) is 0 Å². The largest absolute Gasteiger partial charge is 0.493 e. The quantitative estimate of drug-likeness (QED) is 0.526. The van der Waals surface area contributed by atoms with Gasteiger partial charge in [0, 0.05) is 18.0 Å². The van der Waals surface area contributed by atoms with Crippen LogP contribution in [0.15, 0.2) is 42.5 Å². The summed E-state index contributed by atoms with van der Waals surface area (Å²) in [6.45, 7) is 2.66. The minimum absolute atomic E-state index is 0.172. The van der Waals surface area contributed by atoms with E-state index < -0.39 is 10.0 Å². The third kappa shape index (κ3) is 7.11. The molecule has 0 aliphatic rings. The Morgan fingerprint density at radius 3 is 2.50 bits per heavy atom. The van der Waals surface area contributed by atoms with Gasteiger partial charge in [-0.3, -0.25) is 9.10 Å². The van der Waals surface area contributed by atoms with Crippen LogP contribution in [0.5, 0.6) is 11.5 Å². The Balaban J connectivity index is 1.79. The summed E-state index contributed by atoms with van der Waals surface area (Å²) in [5, 5.41) is 3.26. The molecule has 0 fully saturated rings. The van der Waals surface area contributed by atoms with Crippen LogP contribution >= 0.6 is 11.6 Å². The molecule has 2 aromatic rings. The Labute approximate surface area is 183 Å². The van der Waals surface area contributed by atoms with Crippen molar-refractivity contribution in [2.24, 2.45) is 0 Å². The highest BCUT2D eigenvalue weighted by molar-refractivity contribution is 7.92. The number of anilines is 1. The molecule has 1 N–H and O–H groups in total. The molecule has 164 valence electrons. The zero-order valence-corrected chi connectivity index (χ0v) is 18.9. The van der Waals surface area contributed by atoms with E-state index in [-0.39, 0.29) is 18.9 Å². The number of carbonyl (C=O) groups is 1. The molecule has 1 amide bonds. The summed E-state index contributed by atoms with van der Waals surface area (Å²) in [6, 6.07) is 12.4. The lowest BCUT2D eigenvalue weighted by molar-refractivity contribution is -0.121. The van der Waals surface area contributed by atoms with Crippen molar-refractivity contribution in [3.8, 4) is 11.5 Å². The minimum Gasteiger partial charge on any atom is -0.493 e. The van der Waals surface area contributed by atoms with Gasteiger partial charge in [-0.05, 0) is 43.2 Å². The van der Waals surface area contributed by atoms with E-state index in [9.17, 15) is 13.2 Å². The molecule has 0 heterocycles. The van der Waals surface area contributed by atoms with Crippen LogP contribution in [0.4, 0.5) is 5.69 Å². The summed E-state index contributed by atoms with van der Waals surface area (Å²) in [5.74, 6) is 1.06. The van der Waals surface area contributed by atoms with Crippen molar-refractivity contribution in [2.45, 2.75) is 19.8 Å². The normalized spacial score (nSPS) is 11.1. The van der Waals surface area contributed by atoms with E-state index in [0.717, 1.165) is 11.8 Å². The highest BCUT2D eigenvalue weighted by Crippen LogP contribution is 2.26. The molecular formula is C21H27ClN2O5S. The molecule has 0 bridgehead atoms. The van der Waals surface area contributed by atoms with Gasteiger partial charge in [0.25, 0.3) is 0 Å². The van der Waals surface area contributed by atoms with Crippen molar-refractivity contribution < 1.29 is 22.7 Å². The molecule has 0 unspecified atom stereocenters. The van der Waals surface area contributed by atoms with Crippen LogP contribution in [0.25, 0.3) is 0 Å². The third-order valence-electron chi connectivity index (χ3n) is 4.36. The van der Waals surface area contributed by atoms with Gasteiger partial charge in [0.1, 0.15) is 6.61 Å². The number of methoxy groups -OCH3 is 1. The molecule has 0 aromatic heterocycles. The van der Waals surface area contributed by atoms with Gasteiger partial charge in [-0.15, -0.1) is 0 Å². The average Bonchev–Trinajstić information content (AvgIpc) is 2.70. The van der Waals surface area contributed by atoms with Gasteiger partial charge < -0.3 is 14.8 Å². The molecule has 2 rings (SSSR count). The molecule has 0 aliphatic heterocycles. The molecule has 0 saturated heterocycles. The Morgan fingerprint density at radius 2 is 1.87 bits per heavy atom. The fourth-order valence-electron chi connectivity index (χ4n) is 2.78. The zero-order chi connectivity index (χ0) is 22.1. The van der Waals surface area contributed by atoms with E-state index in [4.69, 9.17) is 21.1 Å². The summed E-state index contributed by atoms with van der Waals surface area (Å²) in [7, 11) is -1.93. The second-order valence-corrected chi connectivity index (χ2v) is 9.04. The lowest BCUT2D eigenvalue weighted by Crippen LogP contribution is -2.33. The summed E-state index contributed by atoms with van der Waals surface area (Å²) < 4.78 is 36.4. The highest BCUT2D eigenvalue weighted by Gasteiger charge is 2.18. The first-order valence-electron chi connectivity index (χ1n) is 9.48. The van der Waals surface area contributed by atoms with Gasteiger partial charge in [0.05, 0.1) is 25.6 Å². The average molecular weight is 455 g/mol. The zero-order valence-electron chi connectivity index (χ0n) is 17.4. The van der Waals surface area contributed by atoms with Gasteiger partial charge in [-0.1, -0.05) is 29.8 Å². The van der Waals surface area contributed by atoms with Crippen LogP contribution in [-0.2, 0) is 14.8 Å². The molecule has 0 radical (unpaired) electrons. The van der Waals surface area contributed by atoms with Crippen LogP contribution < -0.4 is 19.1 Å². The number of para-hydroxylation sites is 2. The Kier molecular flexibility index (Phi) is 8.80. The number of sulfonamides is 1. The first-order valence-corrected chi connectivity index (χ1v) is 11.7. The maximum atomic E-state index is 12.2. The van der Waals surface area contributed by atoms with E-state index in [1.165, 1.54) is 4.31 Å². The fraction of sp³-hybridized carbons (Fsp3) is 0.381. The topological polar surface area (TPSA) is 84.9 Å². The monoisotopic (exact) mass is 454 g/mol. The van der Waals surface area contributed by atoms with Crippen molar-refractivity contribution in [3.63, 3.8) is 0 Å². The molecule has 0 spiro atoms. The number of hydrogen-bond acceptors (Lipinski definition) is 5. The maximum absolute atomic E-state index is 12.2. The summed E-state index contributed by atoms with van der Waals surface area (Å²) in [4.78, 5) is 12.1. The number of ether oxygens (including phenoxy) is 2. The first kappa shape index (κ1) is 23.8. The number of benzene rings is 2. The molecule has 30 heavy (non-hydrogen) atoms. The van der Waals surface area contributed by atoms with Crippen LogP contribution in [0.1, 0.15) is 18.4 Å². The van der Waals surface area contributed by atoms with E-state index in [0.29, 0.717) is 41.8 Å². The smallest absolute Gasteiger partial charge is 0.232 e. The number of halogens is 1. The number of hydrogen-bond donors (Lipinski definition) is 1. The van der Waals surface area contributed by atoms with Crippen LogP contribution in [0.2, 0.25) is 5.02 Å². The molecular weight excluding hydrogens is 428 g/mol. The number of aryl methyl sites for hydroxylation is 1. The lowest BCUT2D eigenvalue weighted by atomic mass is 10.2. The molecule has 0 atom stereocenters. The lowest BCUT2D eigenvalue weighted by Gasteiger charge is -2.23. The number of amides is 1. The molecule has 0 saturated carbocycles. The van der Waals surface area contributed by atoms with E-state index >= 15 is 0 Å². The third-order valence-corrected chi connectivity index (χ3v) is 5.96. The molecule has 2 aromatic carbocycles. The Hall–Kier alpha value is -2.45. The molecule has 9 heteroatoms. The van der Waals surface area contributed by atoms with E-state index in [1.54, 1.807) is 37.4 Å². The fourth-order valence-corrected chi connectivity index (χ4v) is 3.92. The predicted octanol–water partition coefficient (Wildman–Crippen LogP) is 3.40. The van der Waals surface area contributed by atoms with Crippen LogP contribution in [0.3, 0.4) is 0 Å². The maximum Gasteiger partial charge on any atom is 0.232 e. The SMILES string of the molecule is COc1ccccc1OCCNC(=O)CCCN(c1ccc(C)c(Cl)c1)S(C)(=O)=O. The van der Waals surface area contributed by atoms with Crippen LogP contribution in [0, 0.1) is 6.92 Å². The predicted molar refractivity (Wildman–Crippen MR) is 119 cm³/mol. The first-order chi connectivity index (χ1) is 14.2. The summed E-state index contributed by atoms with van der Waals surface area (Å²) >= 11 is 6.12. The minimum atomic E-state index is -3.49. The van der Waals surface area contributed by atoms with E-state index in [1.807, 2.05) is 19.1 Å². The Morgan fingerprint density at radius 1 is 1.17 bits per heavy atom. The standard InChI is InChI=1S/C21H27ClN2O5S/c1-16-10-11-17(15-18(16)22)24(30(3,26)27)13-6-9-21(25)23-12-14-29-20-8-5-4-7-19(20)28-2/h4-5,7-8,10-11,15H,6,9,12-14H2,1-3H3,(H,23,25). The number of nitrogens with zero attached hydrogens (tertiary/aromatic N) is 1. The van der Waals surface area contributed by atoms with Crippen molar-refractivity contribution in [2.75, 3.05) is 37.4 Å². The summed E-state index contributed by atoms with van der Waals surface area (Å²) in [5.41, 5.74) is 1.35. The van der Waals surface area contributed by atoms with Crippen molar-refractivity contribution in [1.29, 1.82) is 0 Å². The van der Waals surface area contributed by atoms with Crippen molar-refractivity contribution in [1.82, 2.24) is 5.32 Å². The second-order valence-electron chi connectivity index (χ2n) is 6.72. The van der Waals surface area contributed by atoms with Crippen molar-refractivity contribution >= 4 is 33.2 Å². The van der Waals surface area contributed by atoms with E-state index in [2.05, 4.69) is 5.32 Å². The van der Waals surface area contributed by atoms with Crippen molar-refractivity contribution in [3.05, 3.63) is 53.1 Å². The second kappa shape index (κ2) is 11.1. The van der Waals surface area contributed by atoms with Gasteiger partial charge >= 0.3 is 0 Å². The Bertz CT molecular complexity index is 966. The van der Waals surface area contributed by atoms with Gasteiger partial charge in [-0.25, -0.2) is 8.42 Å². The molecule has 0 aliphatic carbocycles. The number of nitrogens with one attached hydrogen (secondary N) is 1. The van der Waals surface area contributed by atoms with Crippen LogP contribution in [-0.4, -0.2) is 47.4 Å². The highest BCUT2D eigenvalue weighted by atomic mass is 35.5. The summed E-state index contributed by atoms with van der Waals surface area (Å²) in [6.07, 6.45) is 1.70.